The van der Waals surface area contributed by atoms with E-state index in [-0.39, 0.29) is 5.56 Å². The predicted octanol–water partition coefficient (Wildman–Crippen LogP) is 1.18. The van der Waals surface area contributed by atoms with Gasteiger partial charge in [0.2, 0.25) is 0 Å². The highest BCUT2D eigenvalue weighted by molar-refractivity contribution is 5.91. The number of hydrogen-bond acceptors (Lipinski definition) is 5. The summed E-state index contributed by atoms with van der Waals surface area (Å²) in [5.41, 5.74) is 1.83. The van der Waals surface area contributed by atoms with E-state index >= 15 is 0 Å². The molecule has 1 aliphatic heterocycles. The van der Waals surface area contributed by atoms with Crippen molar-refractivity contribution >= 4 is 5.97 Å². The molecular formula is C16H16N6O2. The molecule has 0 unspecified atom stereocenters. The zero-order valence-corrected chi connectivity index (χ0v) is 12.9. The first-order valence-corrected chi connectivity index (χ1v) is 7.66. The third-order valence-electron chi connectivity index (χ3n) is 4.14. The van der Waals surface area contributed by atoms with E-state index < -0.39 is 5.97 Å². The van der Waals surface area contributed by atoms with Crippen LogP contribution in [0.3, 0.4) is 0 Å². The number of nitrogens with zero attached hydrogens (tertiary/aromatic N) is 6. The number of benzene rings is 1. The molecule has 0 spiro atoms. The second-order valence-electron chi connectivity index (χ2n) is 5.77. The predicted molar refractivity (Wildman–Crippen MR) is 84.7 cm³/mol. The summed E-state index contributed by atoms with van der Waals surface area (Å²) in [6.07, 6.45) is 5.41. The van der Waals surface area contributed by atoms with Crippen LogP contribution in [-0.2, 0) is 19.6 Å². The minimum Gasteiger partial charge on any atom is -0.478 e. The van der Waals surface area contributed by atoms with Crippen molar-refractivity contribution in [2.24, 2.45) is 0 Å². The van der Waals surface area contributed by atoms with Crippen molar-refractivity contribution in [3.63, 3.8) is 0 Å². The summed E-state index contributed by atoms with van der Waals surface area (Å²) in [6, 6.07) is 6.85. The van der Waals surface area contributed by atoms with Crippen molar-refractivity contribution in [2.45, 2.75) is 19.6 Å². The normalized spacial score (nSPS) is 14.5. The third-order valence-corrected chi connectivity index (χ3v) is 4.14. The van der Waals surface area contributed by atoms with E-state index in [0.29, 0.717) is 5.69 Å². The molecule has 0 atom stereocenters. The fraction of sp³-hybridized carbons (Fsp3) is 0.250. The maximum atomic E-state index is 11.3. The number of fused-ring (bicyclic) bond motifs is 1. The summed E-state index contributed by atoms with van der Waals surface area (Å²) < 4.78 is 3.67. The molecule has 4 rings (SSSR count). The maximum absolute atomic E-state index is 11.3. The van der Waals surface area contributed by atoms with E-state index in [1.807, 2.05) is 6.20 Å². The highest BCUT2D eigenvalue weighted by atomic mass is 16.4. The molecule has 1 aromatic carbocycles. The zero-order chi connectivity index (χ0) is 16.5. The van der Waals surface area contributed by atoms with Gasteiger partial charge in [-0.15, -0.1) is 10.2 Å². The van der Waals surface area contributed by atoms with Crippen LogP contribution in [0, 0.1) is 0 Å². The Labute approximate surface area is 138 Å². The third kappa shape index (κ3) is 2.67. The standard InChI is InChI=1S/C16H16N6O2/c23-16(24)13-3-1-2-4-14(13)22-9-12(7-18-22)8-20-5-6-21-11-17-19-15(21)10-20/h1-4,7,9,11H,5-6,8,10H2,(H,23,24). The van der Waals surface area contributed by atoms with Gasteiger partial charge in [0.15, 0.2) is 0 Å². The van der Waals surface area contributed by atoms with Gasteiger partial charge in [-0.2, -0.15) is 5.10 Å². The number of carbonyl (C=O) groups is 1. The van der Waals surface area contributed by atoms with Crippen LogP contribution >= 0.6 is 0 Å². The summed E-state index contributed by atoms with van der Waals surface area (Å²) in [5.74, 6) is 0.00267. The van der Waals surface area contributed by atoms with Gasteiger partial charge in [0.05, 0.1) is 24.0 Å². The van der Waals surface area contributed by atoms with Gasteiger partial charge >= 0.3 is 5.97 Å². The molecule has 8 heteroatoms. The lowest BCUT2D eigenvalue weighted by Crippen LogP contribution is -2.33. The van der Waals surface area contributed by atoms with Crippen molar-refractivity contribution < 1.29 is 9.90 Å². The number of carboxylic acid groups (broad SMARTS) is 1. The molecule has 0 bridgehead atoms. The highest BCUT2D eigenvalue weighted by Crippen LogP contribution is 2.17. The maximum Gasteiger partial charge on any atom is 0.337 e. The van der Waals surface area contributed by atoms with E-state index in [0.717, 1.165) is 37.6 Å². The summed E-state index contributed by atoms with van der Waals surface area (Å²) >= 11 is 0. The van der Waals surface area contributed by atoms with Gasteiger partial charge in [-0.1, -0.05) is 12.1 Å². The molecule has 3 heterocycles. The fourth-order valence-electron chi connectivity index (χ4n) is 2.94. The van der Waals surface area contributed by atoms with Gasteiger partial charge < -0.3 is 9.67 Å². The number of aromatic nitrogens is 5. The fourth-order valence-corrected chi connectivity index (χ4v) is 2.94. The Kier molecular flexibility index (Phi) is 3.58. The van der Waals surface area contributed by atoms with Gasteiger partial charge in [0.25, 0.3) is 0 Å². The molecule has 24 heavy (non-hydrogen) atoms. The average Bonchev–Trinajstić information content (AvgIpc) is 3.23. The molecule has 3 aromatic rings. The molecule has 0 fully saturated rings. The largest absolute Gasteiger partial charge is 0.478 e. The molecule has 2 aromatic heterocycles. The van der Waals surface area contributed by atoms with Crippen molar-refractivity contribution in [2.75, 3.05) is 6.54 Å². The first kappa shape index (κ1) is 14.6. The topological polar surface area (TPSA) is 89.1 Å². The lowest BCUT2D eigenvalue weighted by Gasteiger charge is -2.26. The van der Waals surface area contributed by atoms with E-state index in [1.54, 1.807) is 41.5 Å². The summed E-state index contributed by atoms with van der Waals surface area (Å²) in [7, 11) is 0. The van der Waals surface area contributed by atoms with E-state index in [9.17, 15) is 9.90 Å². The molecule has 0 aliphatic carbocycles. The van der Waals surface area contributed by atoms with Crippen LogP contribution in [0.1, 0.15) is 21.7 Å². The average molecular weight is 324 g/mol. The Balaban J connectivity index is 1.53. The first-order valence-electron chi connectivity index (χ1n) is 7.66. The number of carboxylic acids is 1. The van der Waals surface area contributed by atoms with Gasteiger partial charge in [-0.25, -0.2) is 9.48 Å². The Morgan fingerprint density at radius 3 is 3.00 bits per heavy atom. The van der Waals surface area contributed by atoms with Crippen molar-refractivity contribution in [3.05, 3.63) is 59.9 Å². The molecular weight excluding hydrogens is 308 g/mol. The molecule has 8 nitrogen and oxygen atoms in total. The molecule has 0 saturated carbocycles. The molecule has 1 aliphatic rings. The van der Waals surface area contributed by atoms with E-state index in [4.69, 9.17) is 0 Å². The first-order chi connectivity index (χ1) is 11.7. The Hall–Kier alpha value is -3.00. The minimum atomic E-state index is -0.960. The molecule has 0 radical (unpaired) electrons. The van der Waals surface area contributed by atoms with Crippen molar-refractivity contribution in [1.82, 2.24) is 29.4 Å². The van der Waals surface area contributed by atoms with Crippen LogP contribution in [0.5, 0.6) is 0 Å². The number of hydrogen-bond donors (Lipinski definition) is 1. The number of para-hydroxylation sites is 1. The SMILES string of the molecule is O=C(O)c1ccccc1-n1cc(CN2CCn3cnnc3C2)cn1. The molecule has 1 N–H and O–H groups in total. The van der Waals surface area contributed by atoms with Crippen LogP contribution in [-0.4, -0.2) is 47.1 Å². The molecule has 0 saturated heterocycles. The highest BCUT2D eigenvalue weighted by Gasteiger charge is 2.18. The lowest BCUT2D eigenvalue weighted by atomic mass is 10.2. The Morgan fingerprint density at radius 1 is 1.25 bits per heavy atom. The van der Waals surface area contributed by atoms with Crippen molar-refractivity contribution in [3.8, 4) is 5.69 Å². The Bertz CT molecular complexity index is 884. The zero-order valence-electron chi connectivity index (χ0n) is 12.9. The monoisotopic (exact) mass is 324 g/mol. The van der Waals surface area contributed by atoms with Gasteiger partial charge in [-0.3, -0.25) is 4.90 Å². The van der Waals surface area contributed by atoms with Crippen LogP contribution in [0.2, 0.25) is 0 Å². The summed E-state index contributed by atoms with van der Waals surface area (Å²) in [5, 5.41) is 21.7. The van der Waals surface area contributed by atoms with Gasteiger partial charge in [0, 0.05) is 31.4 Å². The van der Waals surface area contributed by atoms with Crippen LogP contribution in [0.4, 0.5) is 0 Å². The smallest absolute Gasteiger partial charge is 0.337 e. The van der Waals surface area contributed by atoms with Gasteiger partial charge in [0.1, 0.15) is 12.2 Å². The second kappa shape index (κ2) is 5.89. The number of rotatable bonds is 4. The van der Waals surface area contributed by atoms with E-state index in [2.05, 4.69) is 24.8 Å². The number of aromatic carboxylic acids is 1. The van der Waals surface area contributed by atoms with Crippen LogP contribution < -0.4 is 0 Å². The Morgan fingerprint density at radius 2 is 2.12 bits per heavy atom. The van der Waals surface area contributed by atoms with E-state index in [1.165, 1.54) is 0 Å². The minimum absolute atomic E-state index is 0.234. The van der Waals surface area contributed by atoms with Crippen LogP contribution in [0.25, 0.3) is 5.69 Å². The van der Waals surface area contributed by atoms with Crippen LogP contribution in [0.15, 0.2) is 43.0 Å². The van der Waals surface area contributed by atoms with Crippen molar-refractivity contribution in [1.29, 1.82) is 0 Å². The summed E-state index contributed by atoms with van der Waals surface area (Å²) in [4.78, 5) is 13.6. The van der Waals surface area contributed by atoms with Gasteiger partial charge in [-0.05, 0) is 12.1 Å². The second-order valence-corrected chi connectivity index (χ2v) is 5.77. The molecule has 0 amide bonds. The lowest BCUT2D eigenvalue weighted by molar-refractivity contribution is 0.0696. The summed E-state index contributed by atoms with van der Waals surface area (Å²) in [6.45, 7) is 3.28. The quantitative estimate of drug-likeness (QED) is 0.775. The molecule has 122 valence electrons.